The van der Waals surface area contributed by atoms with Crippen LogP contribution in [0.2, 0.25) is 0 Å². The summed E-state index contributed by atoms with van der Waals surface area (Å²) in [5.74, 6) is 2.85. The van der Waals surface area contributed by atoms with Crippen LogP contribution in [-0.4, -0.2) is 36.6 Å². The molecule has 0 radical (unpaired) electrons. The van der Waals surface area contributed by atoms with Crippen molar-refractivity contribution in [2.75, 3.05) is 26.2 Å². The van der Waals surface area contributed by atoms with Gasteiger partial charge in [0.1, 0.15) is 0 Å². The first-order valence-corrected chi connectivity index (χ1v) is 8.40. The van der Waals surface area contributed by atoms with Crippen LogP contribution in [0.5, 0.6) is 0 Å². The van der Waals surface area contributed by atoms with E-state index in [0.29, 0.717) is 0 Å². The molecule has 1 atom stereocenters. The van der Waals surface area contributed by atoms with Gasteiger partial charge in [0.25, 0.3) is 0 Å². The summed E-state index contributed by atoms with van der Waals surface area (Å²) in [6.45, 7) is 14.5. The molecule has 0 aromatic rings. The van der Waals surface area contributed by atoms with Crippen molar-refractivity contribution >= 4 is 0 Å². The van der Waals surface area contributed by atoms with Crippen LogP contribution >= 0.6 is 0 Å². The molecular weight excluding hydrogens is 232 g/mol. The highest BCUT2D eigenvalue weighted by Gasteiger charge is 2.27. The Morgan fingerprint density at radius 1 is 1.00 bits per heavy atom. The van der Waals surface area contributed by atoms with E-state index in [1.54, 1.807) is 0 Å². The first kappa shape index (κ1) is 15.3. The highest BCUT2D eigenvalue weighted by Crippen LogP contribution is 2.30. The summed E-state index contributed by atoms with van der Waals surface area (Å²) in [5.41, 5.74) is 0.271. The van der Waals surface area contributed by atoms with Crippen molar-refractivity contribution in [2.24, 2.45) is 17.8 Å². The number of likely N-dealkylation sites (tertiary alicyclic amines) is 1. The van der Waals surface area contributed by atoms with Gasteiger partial charge in [-0.2, -0.15) is 0 Å². The number of hydrogen-bond donors (Lipinski definition) is 1. The molecule has 0 amide bonds. The summed E-state index contributed by atoms with van der Waals surface area (Å²) in [4.78, 5) is 2.73. The van der Waals surface area contributed by atoms with Gasteiger partial charge in [-0.25, -0.2) is 0 Å². The molecule has 1 aliphatic carbocycles. The molecule has 0 aromatic carbocycles. The molecule has 1 saturated heterocycles. The zero-order valence-electron chi connectivity index (χ0n) is 13.5. The third-order valence-electron chi connectivity index (χ3n) is 4.94. The third-order valence-corrected chi connectivity index (χ3v) is 4.94. The molecule has 112 valence electrons. The second-order valence-corrected chi connectivity index (χ2v) is 8.17. The Morgan fingerprint density at radius 3 is 2.32 bits per heavy atom. The van der Waals surface area contributed by atoms with Crippen molar-refractivity contribution in [3.63, 3.8) is 0 Å². The van der Waals surface area contributed by atoms with Crippen LogP contribution in [0.3, 0.4) is 0 Å². The van der Waals surface area contributed by atoms with E-state index in [9.17, 15) is 0 Å². The van der Waals surface area contributed by atoms with Crippen molar-refractivity contribution in [1.82, 2.24) is 10.2 Å². The minimum atomic E-state index is 0.271. The predicted octanol–water partition coefficient (Wildman–Crippen LogP) is 3.52. The van der Waals surface area contributed by atoms with Gasteiger partial charge in [-0.15, -0.1) is 0 Å². The van der Waals surface area contributed by atoms with Crippen molar-refractivity contribution < 1.29 is 0 Å². The molecule has 1 N–H and O–H groups in total. The van der Waals surface area contributed by atoms with Crippen molar-refractivity contribution in [2.45, 2.75) is 65.3 Å². The molecule has 2 heteroatoms. The van der Waals surface area contributed by atoms with Gasteiger partial charge in [0.15, 0.2) is 0 Å². The van der Waals surface area contributed by atoms with E-state index in [1.165, 1.54) is 58.3 Å². The molecule has 1 aliphatic heterocycles. The largest absolute Gasteiger partial charge is 0.312 e. The monoisotopic (exact) mass is 266 g/mol. The fourth-order valence-corrected chi connectivity index (χ4v) is 3.57. The molecule has 2 aliphatic rings. The molecule has 1 unspecified atom stereocenters. The maximum atomic E-state index is 3.67. The lowest BCUT2D eigenvalue weighted by atomic mass is 9.83. The van der Waals surface area contributed by atoms with Crippen LogP contribution in [0.25, 0.3) is 0 Å². The average Bonchev–Trinajstić information content (AvgIpc) is 2.77. The Morgan fingerprint density at radius 2 is 1.68 bits per heavy atom. The van der Waals surface area contributed by atoms with E-state index in [0.717, 1.165) is 17.8 Å². The Labute approximate surface area is 120 Å². The Hall–Kier alpha value is -0.0800. The zero-order valence-corrected chi connectivity index (χ0v) is 13.5. The summed E-state index contributed by atoms with van der Waals surface area (Å²) in [7, 11) is 0. The minimum absolute atomic E-state index is 0.271. The van der Waals surface area contributed by atoms with Crippen LogP contribution in [0, 0.1) is 17.8 Å². The van der Waals surface area contributed by atoms with E-state index in [1.807, 2.05) is 0 Å². The van der Waals surface area contributed by atoms with Gasteiger partial charge in [0, 0.05) is 18.6 Å². The first-order valence-electron chi connectivity index (χ1n) is 8.40. The van der Waals surface area contributed by atoms with Crippen molar-refractivity contribution in [3.05, 3.63) is 0 Å². The number of nitrogens with zero attached hydrogens (tertiary/aromatic N) is 1. The SMILES string of the molecule is CC1CCC(CN2CCC(CNC(C)(C)C)C2)CC1. The molecule has 2 fully saturated rings. The summed E-state index contributed by atoms with van der Waals surface area (Å²) in [5, 5.41) is 3.67. The normalized spacial score (nSPS) is 33.8. The van der Waals surface area contributed by atoms with Gasteiger partial charge in [-0.1, -0.05) is 19.8 Å². The fraction of sp³-hybridized carbons (Fsp3) is 1.00. The highest BCUT2D eigenvalue weighted by atomic mass is 15.2. The molecule has 2 nitrogen and oxygen atoms in total. The van der Waals surface area contributed by atoms with E-state index in [4.69, 9.17) is 0 Å². The maximum Gasteiger partial charge on any atom is 0.00966 e. The standard InChI is InChI=1S/C17H34N2/c1-14-5-7-15(8-6-14)12-19-10-9-16(13-19)11-18-17(2,3)4/h14-16,18H,5-13H2,1-4H3. The average molecular weight is 266 g/mol. The van der Waals surface area contributed by atoms with E-state index in [2.05, 4.69) is 37.9 Å². The summed E-state index contributed by atoms with van der Waals surface area (Å²) < 4.78 is 0. The van der Waals surface area contributed by atoms with Gasteiger partial charge in [0.05, 0.1) is 0 Å². The van der Waals surface area contributed by atoms with Crippen molar-refractivity contribution in [1.29, 1.82) is 0 Å². The van der Waals surface area contributed by atoms with Crippen molar-refractivity contribution in [3.8, 4) is 0 Å². The second-order valence-electron chi connectivity index (χ2n) is 8.17. The lowest BCUT2D eigenvalue weighted by Crippen LogP contribution is -2.40. The number of nitrogens with one attached hydrogen (secondary N) is 1. The summed E-state index contributed by atoms with van der Waals surface area (Å²) in [6, 6.07) is 0. The second kappa shape index (κ2) is 6.58. The molecule has 1 saturated carbocycles. The van der Waals surface area contributed by atoms with E-state index in [-0.39, 0.29) is 5.54 Å². The van der Waals surface area contributed by atoms with Gasteiger partial charge in [-0.3, -0.25) is 0 Å². The molecule has 19 heavy (non-hydrogen) atoms. The molecule has 0 bridgehead atoms. The topological polar surface area (TPSA) is 15.3 Å². The summed E-state index contributed by atoms with van der Waals surface area (Å²) >= 11 is 0. The lowest BCUT2D eigenvalue weighted by Gasteiger charge is -2.30. The first-order chi connectivity index (χ1) is 8.92. The van der Waals surface area contributed by atoms with Crippen LogP contribution < -0.4 is 5.32 Å². The van der Waals surface area contributed by atoms with Crippen LogP contribution in [-0.2, 0) is 0 Å². The molecule has 1 heterocycles. The Balaban J connectivity index is 1.65. The lowest BCUT2D eigenvalue weighted by molar-refractivity contribution is 0.204. The van der Waals surface area contributed by atoms with Crippen LogP contribution in [0.15, 0.2) is 0 Å². The maximum absolute atomic E-state index is 3.67. The fourth-order valence-electron chi connectivity index (χ4n) is 3.57. The zero-order chi connectivity index (χ0) is 13.9. The summed E-state index contributed by atoms with van der Waals surface area (Å²) in [6.07, 6.45) is 7.28. The third kappa shape index (κ3) is 5.43. The van der Waals surface area contributed by atoms with Gasteiger partial charge >= 0.3 is 0 Å². The quantitative estimate of drug-likeness (QED) is 0.837. The van der Waals surface area contributed by atoms with Crippen LogP contribution in [0.1, 0.15) is 59.8 Å². The number of rotatable bonds is 4. The Kier molecular flexibility index (Phi) is 5.30. The minimum Gasteiger partial charge on any atom is -0.312 e. The Bertz CT molecular complexity index is 261. The predicted molar refractivity (Wildman–Crippen MR) is 83.4 cm³/mol. The van der Waals surface area contributed by atoms with Gasteiger partial charge in [-0.05, 0) is 70.9 Å². The van der Waals surface area contributed by atoms with E-state index >= 15 is 0 Å². The van der Waals surface area contributed by atoms with Gasteiger partial charge in [0.2, 0.25) is 0 Å². The molecule has 0 spiro atoms. The smallest absolute Gasteiger partial charge is 0.00966 e. The van der Waals surface area contributed by atoms with E-state index < -0.39 is 0 Å². The van der Waals surface area contributed by atoms with Crippen LogP contribution in [0.4, 0.5) is 0 Å². The number of hydrogen-bond acceptors (Lipinski definition) is 2. The van der Waals surface area contributed by atoms with Gasteiger partial charge < -0.3 is 10.2 Å². The highest BCUT2D eigenvalue weighted by molar-refractivity contribution is 4.82. The molecule has 2 rings (SSSR count). The molecule has 0 aromatic heterocycles. The molecular formula is C17H34N2.